The van der Waals surface area contributed by atoms with Crippen molar-refractivity contribution in [1.29, 1.82) is 0 Å². The van der Waals surface area contributed by atoms with Crippen LogP contribution in [0.5, 0.6) is 0 Å². The molecule has 1 radical (unpaired) electrons. The van der Waals surface area contributed by atoms with Gasteiger partial charge in [0.15, 0.2) is 17.4 Å². The highest BCUT2D eigenvalue weighted by Gasteiger charge is 1.69. The molecule has 0 aliphatic carbocycles. The van der Waals surface area contributed by atoms with Gasteiger partial charge in [-0.25, -0.2) is 0 Å². The highest BCUT2D eigenvalue weighted by Crippen LogP contribution is 1.85. The Morgan fingerprint density at radius 3 is 1.00 bits per heavy atom. The zero-order chi connectivity index (χ0) is 3.58. The van der Waals surface area contributed by atoms with Crippen LogP contribution in [0.3, 0.4) is 0 Å². The zero-order valence-corrected chi connectivity index (χ0v) is 3.50. The lowest BCUT2D eigenvalue weighted by Gasteiger charge is -1.78. The predicted octanol–water partition coefficient (Wildman–Crippen LogP) is 0.437. The largest absolute Gasteiger partial charge is 0.187 e. The van der Waals surface area contributed by atoms with Gasteiger partial charge in [0.1, 0.15) is 0 Å². The summed E-state index contributed by atoms with van der Waals surface area (Å²) in [7, 11) is 0. The molecule has 0 saturated carbocycles. The number of hydrogen-bond donors (Lipinski definition) is 0. The van der Waals surface area contributed by atoms with Gasteiger partial charge in [0.25, 0.3) is 0 Å². The Bertz CT molecular complexity index is 8.36. The summed E-state index contributed by atoms with van der Waals surface area (Å²) in [5.74, 6) is 1.42. The summed E-state index contributed by atoms with van der Waals surface area (Å²) in [4.78, 5) is 0. The monoisotopic (exact) mass is 87.1 g/mol. The lowest BCUT2D eigenvalue weighted by molar-refractivity contribution is 1.10. The maximum atomic E-state index is 2.08. The molecule has 0 aromatic carbocycles. The van der Waals surface area contributed by atoms with E-state index in [1.807, 2.05) is 0 Å². The second kappa shape index (κ2) is 4.53. The smallest absolute Gasteiger partial charge is 0.0597 e. The van der Waals surface area contributed by atoms with Gasteiger partial charge in [-0.05, 0) is 5.92 Å². The van der Waals surface area contributed by atoms with Gasteiger partial charge in [-0.2, -0.15) is 0 Å². The molecule has 1 heteroatoms. The second-order valence-corrected chi connectivity index (χ2v) is 1.50. The Morgan fingerprint density at radius 2 is 1.00 bits per heavy atom. The molecule has 0 aromatic heterocycles. The van der Waals surface area contributed by atoms with Crippen LogP contribution in [0.15, 0.2) is 0 Å². The molecule has 0 N–H and O–H groups in total. The molecule has 0 fully saturated rings. The first kappa shape index (κ1) is 9.11. The average molecular weight is 87.1 g/mol. The summed E-state index contributed by atoms with van der Waals surface area (Å²) < 4.78 is 0. The lowest BCUT2D eigenvalue weighted by Crippen LogP contribution is -1.62. The summed E-state index contributed by atoms with van der Waals surface area (Å²) >= 11 is 0. The third-order valence-corrected chi connectivity index (χ3v) is 0. The van der Waals surface area contributed by atoms with Crippen molar-refractivity contribution in [2.45, 2.75) is 20.8 Å². The normalized spacial score (nSPS) is 7.20. The van der Waals surface area contributed by atoms with E-state index in [0.717, 1.165) is 0 Å². The van der Waals surface area contributed by atoms with Crippen LogP contribution in [-0.4, -0.2) is 17.4 Å². The molecule has 0 amide bonds. The van der Waals surface area contributed by atoms with E-state index in [1.54, 1.807) is 0 Å². The fourth-order valence-corrected chi connectivity index (χ4v) is 0. The van der Waals surface area contributed by atoms with Crippen molar-refractivity contribution in [3.63, 3.8) is 0 Å². The maximum absolute atomic E-state index is 2.08. The molecule has 0 aromatic rings. The van der Waals surface area contributed by atoms with E-state index >= 15 is 0 Å². The van der Waals surface area contributed by atoms with Gasteiger partial charge < -0.3 is 0 Å². The van der Waals surface area contributed by atoms with Crippen LogP contribution in [-0.2, 0) is 0 Å². The van der Waals surface area contributed by atoms with Gasteiger partial charge in [-0.15, -0.1) is 0 Å². The van der Waals surface area contributed by atoms with Crippen molar-refractivity contribution in [3.05, 3.63) is 5.92 Å². The molecule has 0 nitrogen and oxygen atoms in total. The van der Waals surface area contributed by atoms with Gasteiger partial charge in [-0.3, -0.25) is 0 Å². The minimum Gasteiger partial charge on any atom is -0.0597 e. The molecule has 5 heavy (non-hydrogen) atoms. The molecule has 0 atom stereocenters. The molecule has 0 rings (SSSR count). The van der Waals surface area contributed by atoms with Crippen molar-refractivity contribution in [1.82, 2.24) is 0 Å². The van der Waals surface area contributed by atoms with Crippen molar-refractivity contribution in [2.75, 3.05) is 0 Å². The van der Waals surface area contributed by atoms with Gasteiger partial charge >= 0.3 is 0 Å². The van der Waals surface area contributed by atoms with Crippen molar-refractivity contribution in [3.8, 4) is 0 Å². The Hall–Kier alpha value is 0.532. The molecule has 0 unspecified atom stereocenters. The maximum Gasteiger partial charge on any atom is 0.187 e. The van der Waals surface area contributed by atoms with E-state index < -0.39 is 0 Å². The van der Waals surface area contributed by atoms with Crippen molar-refractivity contribution in [2.24, 2.45) is 0 Å². The molecular weight excluding hydrogens is 75.0 g/mol. The second-order valence-electron chi connectivity index (χ2n) is 1.50. The van der Waals surface area contributed by atoms with E-state index in [2.05, 4.69) is 20.8 Å². The predicted molar refractivity (Wildman–Crippen MR) is 30.2 cm³/mol. The van der Waals surface area contributed by atoms with Crippen LogP contribution >= 0.6 is 0 Å². The molecule has 31 valence electrons. The Labute approximate surface area is 44.7 Å². The van der Waals surface area contributed by atoms with Crippen LogP contribution in [0.4, 0.5) is 0 Å². The lowest BCUT2D eigenvalue weighted by atomic mass is 10.3. The fourth-order valence-electron chi connectivity index (χ4n) is 0. The summed E-state index contributed by atoms with van der Waals surface area (Å²) in [6, 6.07) is 0. The topological polar surface area (TPSA) is 0 Å². The Balaban J connectivity index is 0. The van der Waals surface area contributed by atoms with E-state index in [9.17, 15) is 0 Å². The molecule has 0 bridgehead atoms. The third-order valence-electron chi connectivity index (χ3n) is 0. The van der Waals surface area contributed by atoms with Gasteiger partial charge in [0, 0.05) is 0 Å². The third kappa shape index (κ3) is 103. The highest BCUT2D eigenvalue weighted by molar-refractivity contribution is 5.75. The van der Waals surface area contributed by atoms with Crippen LogP contribution in [0.2, 0.25) is 0 Å². The SMILES string of the molecule is C[C](C)C.[AlH3]. The van der Waals surface area contributed by atoms with E-state index in [0.29, 0.717) is 0 Å². The van der Waals surface area contributed by atoms with Crippen LogP contribution in [0.25, 0.3) is 0 Å². The molecule has 0 heterocycles. The molecular formula is C4H12Al. The number of hydrogen-bond acceptors (Lipinski definition) is 0. The summed E-state index contributed by atoms with van der Waals surface area (Å²) in [6.07, 6.45) is 0. The Morgan fingerprint density at radius 1 is 1.00 bits per heavy atom. The minimum atomic E-state index is 0. The summed E-state index contributed by atoms with van der Waals surface area (Å²) in [6.45, 7) is 6.25. The highest BCUT2D eigenvalue weighted by atomic mass is 27.0. The first-order chi connectivity index (χ1) is 1.73. The van der Waals surface area contributed by atoms with E-state index in [-0.39, 0.29) is 17.4 Å². The average Bonchev–Trinajstić information content (AvgIpc) is 0.811. The molecule has 0 aliphatic rings. The van der Waals surface area contributed by atoms with Gasteiger partial charge in [0.05, 0.1) is 0 Å². The van der Waals surface area contributed by atoms with Crippen LogP contribution in [0, 0.1) is 5.92 Å². The van der Waals surface area contributed by atoms with Crippen LogP contribution in [0.1, 0.15) is 20.8 Å². The zero-order valence-electron chi connectivity index (χ0n) is 3.50. The molecule has 0 saturated heterocycles. The minimum absolute atomic E-state index is 0. The molecule has 0 aliphatic heterocycles. The summed E-state index contributed by atoms with van der Waals surface area (Å²) in [5.41, 5.74) is 0. The van der Waals surface area contributed by atoms with Gasteiger partial charge in [-0.1, -0.05) is 20.8 Å². The van der Waals surface area contributed by atoms with Gasteiger partial charge in [0.2, 0.25) is 0 Å². The number of rotatable bonds is 0. The fraction of sp³-hybridized carbons (Fsp3) is 0.750. The summed E-state index contributed by atoms with van der Waals surface area (Å²) in [5, 5.41) is 0. The van der Waals surface area contributed by atoms with Crippen LogP contribution < -0.4 is 0 Å². The van der Waals surface area contributed by atoms with E-state index in [1.165, 1.54) is 5.92 Å². The van der Waals surface area contributed by atoms with Crippen molar-refractivity contribution < 1.29 is 0 Å². The quantitative estimate of drug-likeness (QED) is 0.376. The Kier molecular flexibility index (Phi) is 8.26. The first-order valence-corrected chi connectivity index (χ1v) is 1.50. The van der Waals surface area contributed by atoms with E-state index in [4.69, 9.17) is 0 Å². The first-order valence-electron chi connectivity index (χ1n) is 1.50. The standard InChI is InChI=1S/C4H9.Al.3H/c1-4(2)3;;;;/h1-3H3;;;;. The van der Waals surface area contributed by atoms with Crippen molar-refractivity contribution >= 4 is 17.4 Å². The molecule has 0 spiro atoms.